The molecule has 126 valence electrons. The predicted octanol–water partition coefficient (Wildman–Crippen LogP) is 5.31. The average molecular weight is 324 g/mol. The molecule has 0 aliphatic carbocycles. The third-order valence-electron chi connectivity index (χ3n) is 3.79. The molecule has 0 bridgehead atoms. The van der Waals surface area contributed by atoms with Crippen molar-refractivity contribution in [3.63, 3.8) is 0 Å². The zero-order chi connectivity index (χ0) is 17.4. The summed E-state index contributed by atoms with van der Waals surface area (Å²) in [5, 5.41) is 19.2. The Balaban J connectivity index is 1.75. The molecule has 0 unspecified atom stereocenters. The fourth-order valence-corrected chi connectivity index (χ4v) is 2.39. The first-order valence-corrected chi connectivity index (χ1v) is 8.10. The summed E-state index contributed by atoms with van der Waals surface area (Å²) < 4.78 is 5.02. The van der Waals surface area contributed by atoms with Gasteiger partial charge in [0, 0.05) is 0 Å². The zero-order valence-electron chi connectivity index (χ0n) is 14.2. The number of hydrogen-bond donors (Lipinski definition) is 2. The topological polar surface area (TPSA) is 49.7 Å². The van der Waals surface area contributed by atoms with Crippen molar-refractivity contribution in [1.29, 1.82) is 0 Å². The van der Waals surface area contributed by atoms with Gasteiger partial charge < -0.3 is 14.9 Å². The molecule has 3 nitrogen and oxygen atoms in total. The maximum absolute atomic E-state index is 9.73. The van der Waals surface area contributed by atoms with Crippen molar-refractivity contribution >= 4 is 12.2 Å². The van der Waals surface area contributed by atoms with Crippen LogP contribution in [0, 0.1) is 6.92 Å². The van der Waals surface area contributed by atoms with Crippen LogP contribution >= 0.6 is 0 Å². The Hall–Kier alpha value is -2.68. The first-order chi connectivity index (χ1) is 11.6. The van der Waals surface area contributed by atoms with Gasteiger partial charge in [-0.15, -0.1) is 0 Å². The number of benzene rings is 2. The van der Waals surface area contributed by atoms with E-state index in [1.54, 1.807) is 18.2 Å². The van der Waals surface area contributed by atoms with Gasteiger partial charge in [-0.2, -0.15) is 0 Å². The summed E-state index contributed by atoms with van der Waals surface area (Å²) in [6.07, 6.45) is 11.4. The van der Waals surface area contributed by atoms with Gasteiger partial charge in [0.15, 0.2) is 11.5 Å². The summed E-state index contributed by atoms with van der Waals surface area (Å²) in [6.45, 7) is 1.90. The third kappa shape index (κ3) is 5.20. The highest BCUT2D eigenvalue weighted by atomic mass is 16.5. The third-order valence-corrected chi connectivity index (χ3v) is 3.79. The van der Waals surface area contributed by atoms with Crippen molar-refractivity contribution in [3.8, 4) is 17.2 Å². The lowest BCUT2D eigenvalue weighted by atomic mass is 10.1. The SMILES string of the molecule is COc1ccc(/C=C/CCC/C=C/c2ccc(O)c(C)c2)cc1O. The minimum atomic E-state index is 0.159. The Morgan fingerprint density at radius 2 is 1.50 bits per heavy atom. The molecule has 2 aromatic rings. The molecular weight excluding hydrogens is 300 g/mol. The van der Waals surface area contributed by atoms with E-state index < -0.39 is 0 Å². The summed E-state index contributed by atoms with van der Waals surface area (Å²) in [7, 11) is 1.54. The van der Waals surface area contributed by atoms with E-state index in [9.17, 15) is 10.2 Å². The van der Waals surface area contributed by atoms with Gasteiger partial charge in [0.1, 0.15) is 5.75 Å². The molecule has 24 heavy (non-hydrogen) atoms. The average Bonchev–Trinajstić information content (AvgIpc) is 2.57. The van der Waals surface area contributed by atoms with Crippen LogP contribution in [0.3, 0.4) is 0 Å². The van der Waals surface area contributed by atoms with Crippen LogP contribution in [0.1, 0.15) is 36.0 Å². The van der Waals surface area contributed by atoms with Gasteiger partial charge in [-0.1, -0.05) is 36.4 Å². The molecule has 0 saturated heterocycles. The number of methoxy groups -OCH3 is 1. The van der Waals surface area contributed by atoms with Gasteiger partial charge in [-0.25, -0.2) is 0 Å². The Bertz CT molecular complexity index is 730. The zero-order valence-corrected chi connectivity index (χ0v) is 14.2. The molecule has 0 atom stereocenters. The molecule has 0 radical (unpaired) electrons. The Labute approximate surface area is 143 Å². The smallest absolute Gasteiger partial charge is 0.160 e. The van der Waals surface area contributed by atoms with Crippen molar-refractivity contribution in [2.24, 2.45) is 0 Å². The lowest BCUT2D eigenvalue weighted by Crippen LogP contribution is -1.83. The molecule has 0 spiro atoms. The monoisotopic (exact) mass is 324 g/mol. The van der Waals surface area contributed by atoms with Crippen LogP contribution in [0.2, 0.25) is 0 Å². The second kappa shape index (κ2) is 8.82. The Morgan fingerprint density at radius 1 is 0.875 bits per heavy atom. The molecule has 0 fully saturated rings. The summed E-state index contributed by atoms with van der Waals surface area (Å²) in [5.41, 5.74) is 2.96. The van der Waals surface area contributed by atoms with Crippen LogP contribution in [-0.2, 0) is 0 Å². The van der Waals surface area contributed by atoms with Crippen LogP contribution in [0.5, 0.6) is 17.2 Å². The second-order valence-electron chi connectivity index (χ2n) is 5.71. The Morgan fingerprint density at radius 3 is 2.08 bits per heavy atom. The number of rotatable bonds is 7. The lowest BCUT2D eigenvalue weighted by molar-refractivity contribution is 0.373. The highest BCUT2D eigenvalue weighted by molar-refractivity contribution is 5.55. The van der Waals surface area contributed by atoms with E-state index in [4.69, 9.17) is 4.74 Å². The molecule has 2 N–H and O–H groups in total. The number of ether oxygens (including phenoxy) is 1. The van der Waals surface area contributed by atoms with E-state index in [-0.39, 0.29) is 5.75 Å². The van der Waals surface area contributed by atoms with Crippen molar-refractivity contribution in [1.82, 2.24) is 0 Å². The fraction of sp³-hybridized carbons (Fsp3) is 0.238. The number of allylic oxidation sites excluding steroid dienone is 2. The predicted molar refractivity (Wildman–Crippen MR) is 99.4 cm³/mol. The number of phenolic OH excluding ortho intramolecular Hbond substituents is 2. The van der Waals surface area contributed by atoms with Crippen LogP contribution < -0.4 is 4.74 Å². The van der Waals surface area contributed by atoms with Crippen LogP contribution in [-0.4, -0.2) is 17.3 Å². The van der Waals surface area contributed by atoms with E-state index in [1.165, 1.54) is 7.11 Å². The molecule has 0 aliphatic heterocycles. The van der Waals surface area contributed by atoms with E-state index in [2.05, 4.69) is 18.2 Å². The number of phenols is 2. The number of unbranched alkanes of at least 4 members (excludes halogenated alkanes) is 2. The van der Waals surface area contributed by atoms with Crippen molar-refractivity contribution < 1.29 is 14.9 Å². The van der Waals surface area contributed by atoms with Gasteiger partial charge in [0.05, 0.1) is 7.11 Å². The molecule has 2 rings (SSSR count). The molecule has 3 heteroatoms. The summed E-state index contributed by atoms with van der Waals surface area (Å²) in [6, 6.07) is 11.0. The summed E-state index contributed by atoms with van der Waals surface area (Å²) in [5.74, 6) is 0.982. The largest absolute Gasteiger partial charge is 0.508 e. The van der Waals surface area contributed by atoms with Crippen molar-refractivity contribution in [3.05, 3.63) is 65.2 Å². The molecule has 0 aromatic heterocycles. The van der Waals surface area contributed by atoms with Crippen LogP contribution in [0.15, 0.2) is 48.6 Å². The maximum Gasteiger partial charge on any atom is 0.160 e. The van der Waals surface area contributed by atoms with E-state index in [1.807, 2.05) is 31.2 Å². The highest BCUT2D eigenvalue weighted by Gasteiger charge is 1.99. The molecule has 0 saturated carbocycles. The van der Waals surface area contributed by atoms with Gasteiger partial charge in [0.25, 0.3) is 0 Å². The lowest BCUT2D eigenvalue weighted by Gasteiger charge is -2.03. The van der Waals surface area contributed by atoms with Crippen LogP contribution in [0.4, 0.5) is 0 Å². The quantitative estimate of drug-likeness (QED) is 0.678. The molecule has 0 aliphatic rings. The first kappa shape index (κ1) is 17.7. The number of aryl methyl sites for hydroxylation is 1. The summed E-state index contributed by atoms with van der Waals surface area (Å²) >= 11 is 0. The van der Waals surface area contributed by atoms with Gasteiger partial charge in [0.2, 0.25) is 0 Å². The van der Waals surface area contributed by atoms with E-state index >= 15 is 0 Å². The van der Waals surface area contributed by atoms with Gasteiger partial charge >= 0.3 is 0 Å². The fourth-order valence-electron chi connectivity index (χ4n) is 2.39. The summed E-state index contributed by atoms with van der Waals surface area (Å²) in [4.78, 5) is 0. The first-order valence-electron chi connectivity index (χ1n) is 8.10. The van der Waals surface area contributed by atoms with E-state index in [0.717, 1.165) is 36.0 Å². The minimum absolute atomic E-state index is 0.159. The van der Waals surface area contributed by atoms with Gasteiger partial charge in [-0.05, 0) is 67.1 Å². The molecular formula is C21H24O3. The minimum Gasteiger partial charge on any atom is -0.508 e. The van der Waals surface area contributed by atoms with Crippen molar-refractivity contribution in [2.45, 2.75) is 26.2 Å². The van der Waals surface area contributed by atoms with Crippen LogP contribution in [0.25, 0.3) is 12.2 Å². The van der Waals surface area contributed by atoms with Crippen molar-refractivity contribution in [2.75, 3.05) is 7.11 Å². The molecule has 0 amide bonds. The number of aromatic hydroxyl groups is 2. The standard InChI is InChI=1S/C21H24O3/c1-16-14-17(10-12-19(16)22)8-6-4-3-5-7-9-18-11-13-21(24-2)20(23)15-18/h6-15,22-23H,3-5H2,1-2H3/b8-6+,9-7+. The van der Waals surface area contributed by atoms with E-state index in [0.29, 0.717) is 11.5 Å². The van der Waals surface area contributed by atoms with Gasteiger partial charge in [-0.3, -0.25) is 0 Å². The maximum atomic E-state index is 9.73. The Kier molecular flexibility index (Phi) is 6.50. The highest BCUT2D eigenvalue weighted by Crippen LogP contribution is 2.26. The normalized spacial score (nSPS) is 11.4. The molecule has 0 heterocycles. The number of hydrogen-bond acceptors (Lipinski definition) is 3. The molecule has 2 aromatic carbocycles. The second-order valence-corrected chi connectivity index (χ2v) is 5.71.